The van der Waals surface area contributed by atoms with Gasteiger partial charge in [-0.1, -0.05) is 45.7 Å². The molecule has 3 nitrogen and oxygen atoms in total. The summed E-state index contributed by atoms with van der Waals surface area (Å²) in [5.41, 5.74) is 0. The van der Waals surface area contributed by atoms with Crippen LogP contribution >= 0.6 is 39.5 Å². The maximum absolute atomic E-state index is 13.1. The molecule has 0 amide bonds. The molecule has 0 aliphatic carbocycles. The van der Waals surface area contributed by atoms with E-state index in [0.29, 0.717) is 17.7 Å². The Labute approximate surface area is 147 Å². The molecular weight excluding hydrogens is 431 g/mol. The van der Waals surface area contributed by atoms with Crippen LogP contribution in [0.4, 0.5) is 0 Å². The van der Waals surface area contributed by atoms with E-state index in [1.807, 2.05) is 38.1 Å². The van der Waals surface area contributed by atoms with E-state index >= 15 is 0 Å². The molecule has 0 saturated carbocycles. The number of hydrogen-bond donors (Lipinski definition) is 0. The zero-order valence-corrected chi connectivity index (χ0v) is 16.4. The van der Waals surface area contributed by atoms with Crippen molar-refractivity contribution in [3.63, 3.8) is 0 Å². The van der Waals surface area contributed by atoms with Crippen LogP contribution in [-0.2, 0) is 4.57 Å². The lowest BCUT2D eigenvalue weighted by Gasteiger charge is -2.21. The van der Waals surface area contributed by atoms with E-state index in [1.165, 1.54) is 0 Å². The Hall–Kier alpha value is -0.770. The molecule has 0 fully saturated rings. The molecule has 0 aromatic heterocycles. The van der Waals surface area contributed by atoms with Crippen LogP contribution in [0.2, 0.25) is 0 Å². The Morgan fingerprint density at radius 1 is 0.864 bits per heavy atom. The van der Waals surface area contributed by atoms with Crippen molar-refractivity contribution in [2.24, 2.45) is 5.92 Å². The molecule has 22 heavy (non-hydrogen) atoms. The van der Waals surface area contributed by atoms with Gasteiger partial charge >= 0.3 is 7.60 Å². The maximum Gasteiger partial charge on any atom is 0.430 e. The van der Waals surface area contributed by atoms with Gasteiger partial charge in [-0.2, -0.15) is 0 Å². The van der Waals surface area contributed by atoms with Crippen LogP contribution in [0.3, 0.4) is 0 Å². The first-order valence-corrected chi connectivity index (χ1v) is 10.2. The van der Waals surface area contributed by atoms with Crippen molar-refractivity contribution in [3.8, 4) is 11.5 Å². The fourth-order valence-electron chi connectivity index (χ4n) is 1.85. The summed E-state index contributed by atoms with van der Waals surface area (Å²) in [5.74, 6) is 1.25. The summed E-state index contributed by atoms with van der Waals surface area (Å²) in [4.78, 5) is 0. The summed E-state index contributed by atoms with van der Waals surface area (Å²) in [6, 6.07) is 14.4. The molecule has 118 valence electrons. The van der Waals surface area contributed by atoms with Crippen LogP contribution < -0.4 is 9.05 Å². The lowest BCUT2D eigenvalue weighted by atomic mass is 10.3. The maximum atomic E-state index is 13.1. The minimum atomic E-state index is -3.28. The van der Waals surface area contributed by atoms with E-state index in [4.69, 9.17) is 9.05 Å². The fraction of sp³-hybridized carbons (Fsp3) is 0.250. The minimum absolute atomic E-state index is 0.191. The highest BCUT2D eigenvalue weighted by Crippen LogP contribution is 2.50. The quantitative estimate of drug-likeness (QED) is 0.473. The molecule has 6 heteroatoms. The van der Waals surface area contributed by atoms with E-state index in [9.17, 15) is 4.57 Å². The SMILES string of the molecule is CC(C)CP(=O)(Oc1ccc(Br)cc1)Oc1ccc(Br)cc1. The van der Waals surface area contributed by atoms with E-state index in [0.717, 1.165) is 8.95 Å². The van der Waals surface area contributed by atoms with Gasteiger partial charge in [0, 0.05) is 8.95 Å². The van der Waals surface area contributed by atoms with Gasteiger partial charge in [-0.05, 0) is 54.4 Å². The molecule has 0 spiro atoms. The molecule has 0 aliphatic heterocycles. The van der Waals surface area contributed by atoms with Gasteiger partial charge in [0.15, 0.2) is 0 Å². The van der Waals surface area contributed by atoms with Gasteiger partial charge in [0.1, 0.15) is 11.5 Å². The molecular formula is C16H17Br2O3P. The summed E-state index contributed by atoms with van der Waals surface area (Å²) >= 11 is 6.73. The lowest BCUT2D eigenvalue weighted by Crippen LogP contribution is -2.09. The summed E-state index contributed by atoms with van der Waals surface area (Å²) in [6.07, 6.45) is 0.346. The van der Waals surface area contributed by atoms with Gasteiger partial charge < -0.3 is 9.05 Å². The second-order valence-electron chi connectivity index (χ2n) is 5.28. The number of rotatable bonds is 6. The van der Waals surface area contributed by atoms with Crippen LogP contribution in [0.5, 0.6) is 11.5 Å². The van der Waals surface area contributed by atoms with E-state index in [-0.39, 0.29) is 5.92 Å². The molecule has 2 aromatic rings. The Balaban J connectivity index is 2.21. The molecule has 0 atom stereocenters. The zero-order chi connectivity index (χ0) is 16.2. The van der Waals surface area contributed by atoms with Crippen molar-refractivity contribution in [1.29, 1.82) is 0 Å². The highest BCUT2D eigenvalue weighted by Gasteiger charge is 2.29. The van der Waals surface area contributed by atoms with Crippen molar-refractivity contribution in [1.82, 2.24) is 0 Å². The molecule has 2 aromatic carbocycles. The Morgan fingerprint density at radius 2 is 1.23 bits per heavy atom. The smallest absolute Gasteiger partial charge is 0.416 e. The van der Waals surface area contributed by atoms with E-state index < -0.39 is 7.60 Å². The van der Waals surface area contributed by atoms with Crippen molar-refractivity contribution in [3.05, 3.63) is 57.5 Å². The first-order chi connectivity index (χ1) is 10.4. The Morgan fingerprint density at radius 3 is 1.55 bits per heavy atom. The predicted octanol–water partition coefficient (Wildman–Crippen LogP) is 6.52. The molecule has 2 rings (SSSR count). The van der Waals surface area contributed by atoms with Gasteiger partial charge in [-0.15, -0.1) is 0 Å². The number of hydrogen-bond acceptors (Lipinski definition) is 3. The average molecular weight is 448 g/mol. The average Bonchev–Trinajstić information content (AvgIpc) is 2.43. The summed E-state index contributed by atoms with van der Waals surface area (Å²) in [6.45, 7) is 3.98. The third kappa shape index (κ3) is 5.45. The first-order valence-electron chi connectivity index (χ1n) is 6.86. The number of halogens is 2. The predicted molar refractivity (Wildman–Crippen MR) is 96.9 cm³/mol. The molecule has 0 radical (unpaired) electrons. The van der Waals surface area contributed by atoms with Gasteiger partial charge in [0.25, 0.3) is 0 Å². The summed E-state index contributed by atoms with van der Waals surface area (Å²) < 4.78 is 26.3. The zero-order valence-electron chi connectivity index (χ0n) is 12.3. The van der Waals surface area contributed by atoms with Crippen LogP contribution in [0.1, 0.15) is 13.8 Å². The highest BCUT2D eigenvalue weighted by atomic mass is 79.9. The molecule has 0 unspecified atom stereocenters. The minimum Gasteiger partial charge on any atom is -0.416 e. The monoisotopic (exact) mass is 446 g/mol. The summed E-state index contributed by atoms with van der Waals surface area (Å²) in [5, 5.41) is 0. The largest absolute Gasteiger partial charge is 0.430 e. The fourth-order valence-corrected chi connectivity index (χ4v) is 4.35. The Bertz CT molecular complexity index is 603. The Kier molecular flexibility index (Phi) is 6.13. The molecule has 0 aliphatic rings. The number of benzene rings is 2. The van der Waals surface area contributed by atoms with E-state index in [2.05, 4.69) is 31.9 Å². The van der Waals surface area contributed by atoms with Gasteiger partial charge in [-0.3, -0.25) is 0 Å². The van der Waals surface area contributed by atoms with Crippen LogP contribution in [0.25, 0.3) is 0 Å². The van der Waals surface area contributed by atoms with Gasteiger partial charge in [0.2, 0.25) is 0 Å². The van der Waals surface area contributed by atoms with E-state index in [1.54, 1.807) is 24.3 Å². The second-order valence-corrected chi connectivity index (χ2v) is 9.06. The van der Waals surface area contributed by atoms with Crippen molar-refractivity contribution in [2.75, 3.05) is 6.16 Å². The highest BCUT2D eigenvalue weighted by molar-refractivity contribution is 9.10. The summed E-state index contributed by atoms with van der Waals surface area (Å²) in [7, 11) is -3.28. The topological polar surface area (TPSA) is 35.5 Å². The first kappa shape index (κ1) is 17.6. The molecule has 0 bridgehead atoms. The normalized spacial score (nSPS) is 11.5. The van der Waals surface area contributed by atoms with Crippen LogP contribution in [0, 0.1) is 5.92 Å². The van der Waals surface area contributed by atoms with Gasteiger partial charge in [-0.25, -0.2) is 4.57 Å². The molecule has 0 saturated heterocycles. The van der Waals surface area contributed by atoms with Crippen molar-refractivity contribution >= 4 is 39.5 Å². The third-order valence-corrected chi connectivity index (χ3v) is 5.92. The third-order valence-electron chi connectivity index (χ3n) is 2.71. The van der Waals surface area contributed by atoms with Crippen LogP contribution in [0.15, 0.2) is 57.5 Å². The molecule has 0 heterocycles. The van der Waals surface area contributed by atoms with Crippen LogP contribution in [-0.4, -0.2) is 6.16 Å². The van der Waals surface area contributed by atoms with Gasteiger partial charge in [0.05, 0.1) is 6.16 Å². The second kappa shape index (κ2) is 7.67. The molecule has 0 N–H and O–H groups in total. The lowest BCUT2D eigenvalue weighted by molar-refractivity contribution is 0.379. The standard InChI is InChI=1S/C16H17Br2O3P/c1-12(2)11-22(19,20-15-7-3-13(17)4-8-15)21-16-9-5-14(18)6-10-16/h3-10,12H,11H2,1-2H3. The van der Waals surface area contributed by atoms with Crippen molar-refractivity contribution < 1.29 is 13.6 Å². The van der Waals surface area contributed by atoms with Crippen molar-refractivity contribution in [2.45, 2.75) is 13.8 Å².